The molecule has 0 radical (unpaired) electrons. The zero-order valence-corrected chi connectivity index (χ0v) is 29.6. The van der Waals surface area contributed by atoms with Gasteiger partial charge in [0.05, 0.1) is 90.7 Å². The Hall–Kier alpha value is -3.50. The maximum atomic E-state index is 12.9. The van der Waals surface area contributed by atoms with E-state index in [1.165, 1.54) is 0 Å². The topological polar surface area (TPSA) is 89.5 Å². The number of piperidine rings is 2. The fraction of sp³-hybridized carbons (Fsp3) is 0.632. The lowest BCUT2D eigenvalue weighted by Gasteiger charge is -2.47. The van der Waals surface area contributed by atoms with Crippen molar-refractivity contribution in [3.63, 3.8) is 0 Å². The van der Waals surface area contributed by atoms with Gasteiger partial charge in [0.2, 0.25) is 0 Å². The number of rotatable bonds is 13. The van der Waals surface area contributed by atoms with Crippen molar-refractivity contribution in [1.82, 2.24) is 0 Å². The predicted molar refractivity (Wildman–Crippen MR) is 180 cm³/mol. The molecule has 2 aromatic carbocycles. The van der Waals surface area contributed by atoms with E-state index in [1.54, 1.807) is 28.4 Å². The Morgan fingerprint density at radius 3 is 1.25 bits per heavy atom. The van der Waals surface area contributed by atoms with Crippen LogP contribution in [-0.4, -0.2) is 99.8 Å². The van der Waals surface area contributed by atoms with Crippen LogP contribution in [0.15, 0.2) is 36.4 Å². The molecule has 4 bridgehead atoms. The first-order chi connectivity index (χ1) is 23.1. The van der Waals surface area contributed by atoms with Crippen LogP contribution < -0.4 is 18.9 Å². The van der Waals surface area contributed by atoms with E-state index in [9.17, 15) is 9.59 Å². The number of methoxy groups -OCH3 is 4. The molecule has 4 saturated heterocycles. The van der Waals surface area contributed by atoms with Gasteiger partial charge in [0, 0.05) is 51.4 Å². The van der Waals surface area contributed by atoms with Crippen LogP contribution in [-0.2, 0) is 32.2 Å². The molecule has 0 amide bonds. The molecule has 4 fully saturated rings. The van der Waals surface area contributed by atoms with Gasteiger partial charge in [0.25, 0.3) is 0 Å². The molecule has 10 heteroatoms. The standard InChI is InChI=1S/C38H54N2O8/c1-39(23-25-17-31(43-3)11-13-35(25)45-5)27-7-8-28(39)20-33(19-27)47-37(41)15-16-38(42)48-34-21-29-9-10-30(22-34)40(29,2)24-26-18-32(44-4)12-14-36(26)46-6/h11-14,17-18,27-30,33-34H,7-10,15-16,19-24H2,1-6H3/q+2. The van der Waals surface area contributed by atoms with Gasteiger partial charge >= 0.3 is 11.9 Å². The van der Waals surface area contributed by atoms with Gasteiger partial charge < -0.3 is 37.4 Å². The number of esters is 2. The smallest absolute Gasteiger partial charge is 0.306 e. The SMILES string of the molecule is COc1ccc(OC)c(C[N+]2(C)C3CCC2CC(OC(=O)CCC(=O)OC2CC4CCC(C2)[N+]4(C)Cc2cc(OC)ccc2OC)C3)c1. The summed E-state index contributed by atoms with van der Waals surface area (Å²) >= 11 is 0. The lowest BCUT2D eigenvalue weighted by molar-refractivity contribution is -0.961. The summed E-state index contributed by atoms with van der Waals surface area (Å²) in [5.41, 5.74) is 2.27. The molecular weight excluding hydrogens is 612 g/mol. The highest BCUT2D eigenvalue weighted by atomic mass is 16.6. The van der Waals surface area contributed by atoms with Crippen molar-refractivity contribution >= 4 is 11.9 Å². The predicted octanol–water partition coefficient (Wildman–Crippen LogP) is 5.57. The first-order valence-electron chi connectivity index (χ1n) is 17.6. The number of nitrogens with zero attached hydrogens (tertiary/aromatic N) is 2. The first-order valence-corrected chi connectivity index (χ1v) is 17.6. The number of benzene rings is 2. The van der Waals surface area contributed by atoms with Gasteiger partial charge in [0.1, 0.15) is 48.3 Å². The van der Waals surface area contributed by atoms with Crippen LogP contribution >= 0.6 is 0 Å². The average molecular weight is 667 g/mol. The Kier molecular flexibility index (Phi) is 10.1. The van der Waals surface area contributed by atoms with Crippen LogP contribution in [0, 0.1) is 0 Å². The fourth-order valence-electron chi connectivity index (χ4n) is 9.53. The Morgan fingerprint density at radius 2 is 0.938 bits per heavy atom. The van der Waals surface area contributed by atoms with Gasteiger partial charge in [-0.25, -0.2) is 0 Å². The second kappa shape index (κ2) is 14.2. The molecule has 0 aliphatic carbocycles. The molecule has 4 atom stereocenters. The molecule has 4 heterocycles. The highest BCUT2D eigenvalue weighted by Gasteiger charge is 2.54. The summed E-state index contributed by atoms with van der Waals surface area (Å²) in [6, 6.07) is 13.5. The molecule has 4 aliphatic heterocycles. The van der Waals surface area contributed by atoms with Crippen molar-refractivity contribution < 1.29 is 47.0 Å². The van der Waals surface area contributed by atoms with Crippen molar-refractivity contribution in [2.45, 2.75) is 114 Å². The Balaban J connectivity index is 0.972. The van der Waals surface area contributed by atoms with Crippen molar-refractivity contribution in [1.29, 1.82) is 0 Å². The third-order valence-corrected chi connectivity index (χ3v) is 12.3. The molecule has 48 heavy (non-hydrogen) atoms. The number of carbonyl (C=O) groups excluding carboxylic acids is 2. The van der Waals surface area contributed by atoms with Crippen LogP contribution in [0.5, 0.6) is 23.0 Å². The quantitative estimate of drug-likeness (QED) is 0.203. The molecule has 10 nitrogen and oxygen atoms in total. The van der Waals surface area contributed by atoms with E-state index in [4.69, 9.17) is 28.4 Å². The number of ether oxygens (including phenoxy) is 6. The summed E-state index contributed by atoms with van der Waals surface area (Å²) < 4.78 is 36.1. The monoisotopic (exact) mass is 666 g/mol. The van der Waals surface area contributed by atoms with E-state index in [2.05, 4.69) is 26.2 Å². The minimum Gasteiger partial charge on any atom is -0.497 e. The fourth-order valence-corrected chi connectivity index (χ4v) is 9.53. The maximum absolute atomic E-state index is 12.9. The molecule has 4 unspecified atom stereocenters. The second-order valence-electron chi connectivity index (χ2n) is 14.8. The normalized spacial score (nSPS) is 32.0. The minimum atomic E-state index is -0.304. The molecule has 0 saturated carbocycles. The highest BCUT2D eigenvalue weighted by Crippen LogP contribution is 2.46. The van der Waals surface area contributed by atoms with Crippen molar-refractivity contribution in [3.05, 3.63) is 47.5 Å². The van der Waals surface area contributed by atoms with Crippen molar-refractivity contribution in [3.8, 4) is 23.0 Å². The summed E-state index contributed by atoms with van der Waals surface area (Å²) in [7, 11) is 11.4. The third kappa shape index (κ3) is 6.83. The maximum Gasteiger partial charge on any atom is 0.306 e. The number of quaternary nitrogens is 2. The number of hydrogen-bond donors (Lipinski definition) is 0. The van der Waals surface area contributed by atoms with E-state index in [1.807, 2.05) is 24.3 Å². The zero-order valence-electron chi connectivity index (χ0n) is 29.6. The third-order valence-electron chi connectivity index (χ3n) is 12.3. The first kappa shape index (κ1) is 34.4. The van der Waals surface area contributed by atoms with E-state index < -0.39 is 0 Å². The minimum absolute atomic E-state index is 0.0563. The molecule has 0 aromatic heterocycles. The van der Waals surface area contributed by atoms with E-state index >= 15 is 0 Å². The molecule has 0 N–H and O–H groups in total. The van der Waals surface area contributed by atoms with Crippen molar-refractivity contribution in [2.24, 2.45) is 0 Å². The van der Waals surface area contributed by atoms with Gasteiger partial charge in [-0.1, -0.05) is 0 Å². The van der Waals surface area contributed by atoms with Crippen LogP contribution in [0.4, 0.5) is 0 Å². The molecule has 4 aliphatic rings. The largest absolute Gasteiger partial charge is 0.497 e. The summed E-state index contributed by atoms with van der Waals surface area (Å²) in [5.74, 6) is 2.79. The Morgan fingerprint density at radius 1 is 0.583 bits per heavy atom. The van der Waals surface area contributed by atoms with Gasteiger partial charge in [-0.2, -0.15) is 0 Å². The second-order valence-corrected chi connectivity index (χ2v) is 14.8. The lowest BCUT2D eigenvalue weighted by atomic mass is 9.95. The molecule has 0 spiro atoms. The summed E-state index contributed by atoms with van der Waals surface area (Å²) in [6.45, 7) is 1.69. The highest BCUT2D eigenvalue weighted by molar-refractivity contribution is 5.77. The van der Waals surface area contributed by atoms with Gasteiger partial charge in [-0.15, -0.1) is 0 Å². The average Bonchev–Trinajstić information content (AvgIpc) is 3.31. The molecule has 262 valence electrons. The van der Waals surface area contributed by atoms with E-state index in [0.717, 1.165) is 108 Å². The zero-order chi connectivity index (χ0) is 34.1. The van der Waals surface area contributed by atoms with Gasteiger partial charge in [-0.05, 0) is 36.4 Å². The van der Waals surface area contributed by atoms with Crippen LogP contribution in [0.1, 0.15) is 75.3 Å². The molecule has 6 rings (SSSR count). The number of hydrogen-bond acceptors (Lipinski definition) is 8. The van der Waals surface area contributed by atoms with Crippen LogP contribution in [0.3, 0.4) is 0 Å². The Bertz CT molecular complexity index is 1340. The lowest BCUT2D eigenvalue weighted by Crippen LogP contribution is -2.58. The van der Waals surface area contributed by atoms with Gasteiger partial charge in [-0.3, -0.25) is 9.59 Å². The summed E-state index contributed by atoms with van der Waals surface area (Å²) in [6.07, 6.45) is 7.67. The Labute approximate surface area is 285 Å². The molecule has 2 aromatic rings. The molecular formula is C38H54N2O8+2. The summed E-state index contributed by atoms with van der Waals surface area (Å²) in [5, 5.41) is 0. The number of fused-ring (bicyclic) bond motifs is 4. The van der Waals surface area contributed by atoms with Crippen molar-refractivity contribution in [2.75, 3.05) is 42.5 Å². The number of carbonyl (C=O) groups is 2. The van der Waals surface area contributed by atoms with E-state index in [-0.39, 0.29) is 37.0 Å². The van der Waals surface area contributed by atoms with Crippen LogP contribution in [0.2, 0.25) is 0 Å². The summed E-state index contributed by atoms with van der Waals surface area (Å²) in [4.78, 5) is 25.9. The van der Waals surface area contributed by atoms with E-state index in [0.29, 0.717) is 24.2 Å². The van der Waals surface area contributed by atoms with Gasteiger partial charge in [0.15, 0.2) is 0 Å². The van der Waals surface area contributed by atoms with Crippen LogP contribution in [0.25, 0.3) is 0 Å².